The van der Waals surface area contributed by atoms with Crippen LogP contribution in [0.15, 0.2) is 48.6 Å². The topological polar surface area (TPSA) is 69.6 Å². The lowest BCUT2D eigenvalue weighted by Crippen LogP contribution is -2.45. The Hall–Kier alpha value is -1.65. The Balaban J connectivity index is 3.75. The van der Waals surface area contributed by atoms with Crippen LogP contribution in [0.1, 0.15) is 149 Å². The SMILES string of the molecule is CCCCCC/C=C\C/C=C\CCCCCCCC(=O)NC(CO)C(O)/C=C/CC/C=C/CCCCCCC. The minimum absolute atomic E-state index is 0.0929. The second kappa shape index (κ2) is 30.9. The van der Waals surface area contributed by atoms with E-state index in [1.165, 1.54) is 77.0 Å². The standard InChI is InChI=1S/C35H63NO3/c1-3-5-7-9-11-13-15-16-17-18-19-21-23-25-27-29-31-35(39)36-33(32-37)34(38)30-28-26-24-22-20-14-12-10-8-6-4-2/h13,15,17-18,20,22,28,30,33-34,37-38H,3-12,14,16,19,21,23-27,29,31-32H2,1-2H3,(H,36,39)/b15-13-,18-17-,22-20+,30-28+. The quantitative estimate of drug-likeness (QED) is 0.0677. The van der Waals surface area contributed by atoms with Crippen molar-refractivity contribution < 1.29 is 15.0 Å². The maximum Gasteiger partial charge on any atom is 0.220 e. The minimum Gasteiger partial charge on any atom is -0.394 e. The lowest BCUT2D eigenvalue weighted by atomic mass is 10.1. The summed E-state index contributed by atoms with van der Waals surface area (Å²) in [7, 11) is 0. The molecule has 0 aromatic carbocycles. The second-order valence-electron chi connectivity index (χ2n) is 10.9. The van der Waals surface area contributed by atoms with Crippen LogP contribution in [-0.4, -0.2) is 34.9 Å². The van der Waals surface area contributed by atoms with Crippen LogP contribution in [0.2, 0.25) is 0 Å². The summed E-state index contributed by atoms with van der Waals surface area (Å²) in [5.41, 5.74) is 0. The van der Waals surface area contributed by atoms with E-state index < -0.39 is 12.1 Å². The predicted octanol–water partition coefficient (Wildman–Crippen LogP) is 9.28. The van der Waals surface area contributed by atoms with Gasteiger partial charge in [-0.05, 0) is 64.2 Å². The van der Waals surface area contributed by atoms with Crippen LogP contribution in [0.25, 0.3) is 0 Å². The molecule has 0 spiro atoms. The highest BCUT2D eigenvalue weighted by molar-refractivity contribution is 5.76. The summed E-state index contributed by atoms with van der Waals surface area (Å²) in [6.45, 7) is 4.22. The molecule has 1 amide bonds. The van der Waals surface area contributed by atoms with E-state index in [9.17, 15) is 15.0 Å². The maximum atomic E-state index is 12.2. The summed E-state index contributed by atoms with van der Waals surface area (Å²) in [6, 6.07) is -0.643. The summed E-state index contributed by atoms with van der Waals surface area (Å²) >= 11 is 0. The van der Waals surface area contributed by atoms with E-state index in [1.807, 2.05) is 6.08 Å². The van der Waals surface area contributed by atoms with Gasteiger partial charge in [-0.15, -0.1) is 0 Å². The second-order valence-corrected chi connectivity index (χ2v) is 10.9. The zero-order chi connectivity index (χ0) is 28.7. The average molecular weight is 546 g/mol. The van der Waals surface area contributed by atoms with E-state index in [0.29, 0.717) is 6.42 Å². The van der Waals surface area contributed by atoms with Gasteiger partial charge in [0.25, 0.3) is 0 Å². The highest BCUT2D eigenvalue weighted by atomic mass is 16.3. The normalized spacial score (nSPS) is 13.8. The van der Waals surface area contributed by atoms with Crippen LogP contribution in [-0.2, 0) is 4.79 Å². The molecule has 4 heteroatoms. The molecule has 3 N–H and O–H groups in total. The molecule has 0 fully saturated rings. The molecule has 39 heavy (non-hydrogen) atoms. The summed E-state index contributed by atoms with van der Waals surface area (Å²) in [4.78, 5) is 12.2. The van der Waals surface area contributed by atoms with Gasteiger partial charge in [-0.2, -0.15) is 0 Å². The van der Waals surface area contributed by atoms with Crippen molar-refractivity contribution >= 4 is 5.91 Å². The van der Waals surface area contributed by atoms with Gasteiger partial charge in [-0.25, -0.2) is 0 Å². The molecule has 0 aliphatic rings. The number of aliphatic hydroxyl groups is 2. The number of allylic oxidation sites excluding steroid dienone is 7. The summed E-state index contributed by atoms with van der Waals surface area (Å²) in [5, 5.41) is 22.7. The van der Waals surface area contributed by atoms with Crippen LogP contribution in [0.4, 0.5) is 0 Å². The molecule has 0 aromatic rings. The molecule has 2 atom stereocenters. The Kier molecular flexibility index (Phi) is 29.6. The number of hydrogen-bond donors (Lipinski definition) is 3. The molecular formula is C35H63NO3. The van der Waals surface area contributed by atoms with Gasteiger partial charge in [-0.3, -0.25) is 4.79 Å². The van der Waals surface area contributed by atoms with Crippen molar-refractivity contribution in [2.75, 3.05) is 6.61 Å². The number of aliphatic hydroxyl groups excluding tert-OH is 2. The minimum atomic E-state index is -0.865. The number of rotatable bonds is 28. The fraction of sp³-hybridized carbons (Fsp3) is 0.743. The van der Waals surface area contributed by atoms with Gasteiger partial charge in [0.1, 0.15) is 0 Å². The number of hydrogen-bond acceptors (Lipinski definition) is 3. The lowest BCUT2D eigenvalue weighted by molar-refractivity contribution is -0.123. The Bertz CT molecular complexity index is 638. The predicted molar refractivity (Wildman–Crippen MR) is 170 cm³/mol. The summed E-state index contributed by atoms with van der Waals surface area (Å²) < 4.78 is 0. The summed E-state index contributed by atoms with van der Waals surface area (Å²) in [5.74, 6) is -0.0929. The van der Waals surface area contributed by atoms with Crippen molar-refractivity contribution in [3.63, 3.8) is 0 Å². The van der Waals surface area contributed by atoms with Crippen molar-refractivity contribution in [2.45, 2.75) is 161 Å². The number of nitrogens with one attached hydrogen (secondary N) is 1. The van der Waals surface area contributed by atoms with Crippen LogP contribution in [0.3, 0.4) is 0 Å². The smallest absolute Gasteiger partial charge is 0.220 e. The van der Waals surface area contributed by atoms with Crippen molar-refractivity contribution in [1.29, 1.82) is 0 Å². The Morgan fingerprint density at radius 3 is 1.67 bits per heavy atom. The first-order valence-corrected chi connectivity index (χ1v) is 16.4. The van der Waals surface area contributed by atoms with Gasteiger partial charge >= 0.3 is 0 Å². The molecule has 0 rings (SSSR count). The third kappa shape index (κ3) is 27.7. The van der Waals surface area contributed by atoms with Gasteiger partial charge in [-0.1, -0.05) is 127 Å². The Morgan fingerprint density at radius 1 is 0.615 bits per heavy atom. The molecule has 0 saturated carbocycles. The largest absolute Gasteiger partial charge is 0.394 e. The Labute approximate surface area is 242 Å². The monoisotopic (exact) mass is 545 g/mol. The fourth-order valence-electron chi connectivity index (χ4n) is 4.46. The van der Waals surface area contributed by atoms with Gasteiger partial charge < -0.3 is 15.5 Å². The molecule has 0 aliphatic carbocycles. The van der Waals surface area contributed by atoms with Gasteiger partial charge in [0.2, 0.25) is 5.91 Å². The highest BCUT2D eigenvalue weighted by Gasteiger charge is 2.17. The molecule has 0 bridgehead atoms. The van der Waals surface area contributed by atoms with E-state index in [1.54, 1.807) is 6.08 Å². The summed E-state index contributed by atoms with van der Waals surface area (Å²) in [6.07, 6.45) is 40.4. The van der Waals surface area contributed by atoms with Gasteiger partial charge in [0.15, 0.2) is 0 Å². The molecule has 0 heterocycles. The molecule has 0 aromatic heterocycles. The van der Waals surface area contributed by atoms with Crippen molar-refractivity contribution in [2.24, 2.45) is 0 Å². The van der Waals surface area contributed by atoms with Crippen molar-refractivity contribution in [3.8, 4) is 0 Å². The molecular weight excluding hydrogens is 482 g/mol. The number of amides is 1. The van der Waals surface area contributed by atoms with E-state index in [0.717, 1.165) is 51.4 Å². The van der Waals surface area contributed by atoms with E-state index >= 15 is 0 Å². The van der Waals surface area contributed by atoms with Crippen molar-refractivity contribution in [3.05, 3.63) is 48.6 Å². The number of carbonyl (C=O) groups is 1. The van der Waals surface area contributed by atoms with Crippen LogP contribution < -0.4 is 5.32 Å². The first kappa shape index (κ1) is 37.4. The fourth-order valence-corrected chi connectivity index (χ4v) is 4.46. The van der Waals surface area contributed by atoms with E-state index in [4.69, 9.17) is 0 Å². The van der Waals surface area contributed by atoms with Crippen molar-refractivity contribution in [1.82, 2.24) is 5.32 Å². The molecule has 0 saturated heterocycles. The molecule has 4 nitrogen and oxygen atoms in total. The average Bonchev–Trinajstić information content (AvgIpc) is 2.94. The third-order valence-corrected chi connectivity index (χ3v) is 7.03. The van der Waals surface area contributed by atoms with Crippen LogP contribution in [0.5, 0.6) is 0 Å². The zero-order valence-corrected chi connectivity index (χ0v) is 25.6. The first-order chi connectivity index (χ1) is 19.2. The van der Waals surface area contributed by atoms with Gasteiger partial charge in [0.05, 0.1) is 18.8 Å². The lowest BCUT2D eigenvalue weighted by Gasteiger charge is -2.19. The maximum absolute atomic E-state index is 12.2. The molecule has 0 aliphatic heterocycles. The number of carbonyl (C=O) groups excluding carboxylic acids is 1. The molecule has 2 unspecified atom stereocenters. The van der Waals surface area contributed by atoms with E-state index in [2.05, 4.69) is 55.6 Å². The zero-order valence-electron chi connectivity index (χ0n) is 25.6. The van der Waals surface area contributed by atoms with E-state index in [-0.39, 0.29) is 12.5 Å². The molecule has 0 radical (unpaired) electrons. The van der Waals surface area contributed by atoms with Gasteiger partial charge in [0, 0.05) is 6.42 Å². The van der Waals surface area contributed by atoms with Crippen LogP contribution in [0, 0.1) is 0 Å². The third-order valence-electron chi connectivity index (χ3n) is 7.03. The molecule has 226 valence electrons. The number of unbranched alkanes of at least 4 members (excludes halogenated alkanes) is 15. The highest BCUT2D eigenvalue weighted by Crippen LogP contribution is 2.09. The first-order valence-electron chi connectivity index (χ1n) is 16.4. The Morgan fingerprint density at radius 2 is 1.08 bits per heavy atom. The van der Waals surface area contributed by atoms with Crippen LogP contribution >= 0.6 is 0 Å².